The quantitative estimate of drug-likeness (QED) is 0.723. The van der Waals surface area contributed by atoms with E-state index in [4.69, 9.17) is 9.47 Å². The monoisotopic (exact) mass is 402 g/mol. The number of rotatable bonds is 5. The summed E-state index contributed by atoms with van der Waals surface area (Å²) in [4.78, 5) is 23.6. The van der Waals surface area contributed by atoms with E-state index < -0.39 is 17.3 Å². The molecule has 0 fully saturated rings. The molecular formula is C17H27BrN2O4. The molecule has 1 aromatic rings. The van der Waals surface area contributed by atoms with Gasteiger partial charge in [-0.15, -0.1) is 0 Å². The molecule has 1 amide bonds. The molecule has 6 nitrogen and oxygen atoms in total. The van der Waals surface area contributed by atoms with Crippen LogP contribution in [0.1, 0.15) is 54.4 Å². The summed E-state index contributed by atoms with van der Waals surface area (Å²) in [6.45, 7) is 11.5. The van der Waals surface area contributed by atoms with Gasteiger partial charge in [-0.05, 0) is 70.0 Å². The highest BCUT2D eigenvalue weighted by Crippen LogP contribution is 2.21. The van der Waals surface area contributed by atoms with E-state index in [1.807, 2.05) is 52.3 Å². The van der Waals surface area contributed by atoms with Gasteiger partial charge in [0.05, 0.1) is 0 Å². The standard InChI is InChI=1S/C17H27BrN2O4/c1-16(2,3)23-14(21)8-7-9-20-11-12(18)10-13(20)19-15(22)24-17(4,5)6/h10-11H,7-9H2,1-6H3,(H,19,22). The molecule has 0 saturated heterocycles. The molecule has 1 N–H and O–H groups in total. The molecule has 24 heavy (non-hydrogen) atoms. The molecule has 0 aliphatic carbocycles. The van der Waals surface area contributed by atoms with Crippen molar-refractivity contribution < 1.29 is 19.1 Å². The Labute approximate surface area is 152 Å². The van der Waals surface area contributed by atoms with Gasteiger partial charge in [0.15, 0.2) is 0 Å². The summed E-state index contributed by atoms with van der Waals surface area (Å²) in [6, 6.07) is 1.79. The first-order valence-corrected chi connectivity index (χ1v) is 8.72. The molecule has 1 rings (SSSR count). The molecule has 1 aromatic heterocycles. The first-order chi connectivity index (χ1) is 10.9. The van der Waals surface area contributed by atoms with Crippen LogP contribution in [0.3, 0.4) is 0 Å². The maximum absolute atomic E-state index is 11.9. The molecular weight excluding hydrogens is 376 g/mol. The lowest BCUT2D eigenvalue weighted by Crippen LogP contribution is -2.28. The number of amides is 1. The van der Waals surface area contributed by atoms with Crippen molar-refractivity contribution in [2.24, 2.45) is 0 Å². The van der Waals surface area contributed by atoms with Crippen LogP contribution < -0.4 is 5.32 Å². The number of ether oxygens (including phenoxy) is 2. The third-order valence-electron chi connectivity index (χ3n) is 2.69. The molecule has 0 bridgehead atoms. The number of aryl methyl sites for hydroxylation is 1. The average Bonchev–Trinajstić information content (AvgIpc) is 2.64. The molecule has 0 radical (unpaired) electrons. The SMILES string of the molecule is CC(C)(C)OC(=O)CCCn1cc(Br)cc1NC(=O)OC(C)(C)C. The van der Waals surface area contributed by atoms with E-state index in [0.29, 0.717) is 25.2 Å². The van der Waals surface area contributed by atoms with Crippen LogP contribution in [-0.4, -0.2) is 27.8 Å². The number of anilines is 1. The minimum Gasteiger partial charge on any atom is -0.460 e. The molecule has 0 unspecified atom stereocenters. The van der Waals surface area contributed by atoms with Crippen LogP contribution in [0.2, 0.25) is 0 Å². The Morgan fingerprint density at radius 3 is 2.25 bits per heavy atom. The highest BCUT2D eigenvalue weighted by Gasteiger charge is 2.18. The van der Waals surface area contributed by atoms with Crippen LogP contribution in [0.15, 0.2) is 16.7 Å². The van der Waals surface area contributed by atoms with Crippen molar-refractivity contribution >= 4 is 33.8 Å². The summed E-state index contributed by atoms with van der Waals surface area (Å²) in [7, 11) is 0. The van der Waals surface area contributed by atoms with E-state index in [1.165, 1.54) is 0 Å². The van der Waals surface area contributed by atoms with Crippen LogP contribution in [0, 0.1) is 0 Å². The van der Waals surface area contributed by atoms with Crippen molar-refractivity contribution in [1.29, 1.82) is 0 Å². The molecule has 0 aliphatic heterocycles. The predicted molar refractivity (Wildman–Crippen MR) is 97.1 cm³/mol. The summed E-state index contributed by atoms with van der Waals surface area (Å²) < 4.78 is 13.2. The van der Waals surface area contributed by atoms with Gasteiger partial charge < -0.3 is 14.0 Å². The van der Waals surface area contributed by atoms with Gasteiger partial charge in [0, 0.05) is 23.6 Å². The van der Waals surface area contributed by atoms with E-state index >= 15 is 0 Å². The second-order valence-corrected chi connectivity index (χ2v) is 8.47. The Morgan fingerprint density at radius 2 is 1.71 bits per heavy atom. The van der Waals surface area contributed by atoms with Gasteiger partial charge in [0.2, 0.25) is 0 Å². The Bertz CT molecular complexity index is 582. The molecule has 0 saturated carbocycles. The molecule has 7 heteroatoms. The van der Waals surface area contributed by atoms with Crippen LogP contribution in [-0.2, 0) is 20.8 Å². The molecule has 0 aromatic carbocycles. The van der Waals surface area contributed by atoms with E-state index in [9.17, 15) is 9.59 Å². The number of hydrogen-bond donors (Lipinski definition) is 1. The molecule has 1 heterocycles. The topological polar surface area (TPSA) is 69.6 Å². The van der Waals surface area contributed by atoms with Crippen LogP contribution in [0.25, 0.3) is 0 Å². The van der Waals surface area contributed by atoms with E-state index in [-0.39, 0.29) is 5.97 Å². The van der Waals surface area contributed by atoms with Gasteiger partial charge in [-0.3, -0.25) is 10.1 Å². The number of aromatic nitrogens is 1. The Kier molecular flexibility index (Phi) is 6.89. The molecule has 136 valence electrons. The second kappa shape index (κ2) is 8.05. The normalized spacial score (nSPS) is 12.0. The fourth-order valence-electron chi connectivity index (χ4n) is 1.96. The van der Waals surface area contributed by atoms with Gasteiger partial charge in [-0.25, -0.2) is 4.79 Å². The van der Waals surface area contributed by atoms with E-state index in [0.717, 1.165) is 4.47 Å². The van der Waals surface area contributed by atoms with Gasteiger partial charge in [-0.2, -0.15) is 0 Å². The minimum absolute atomic E-state index is 0.227. The Hall–Kier alpha value is -1.50. The first-order valence-electron chi connectivity index (χ1n) is 7.93. The van der Waals surface area contributed by atoms with Crippen molar-refractivity contribution in [2.75, 3.05) is 5.32 Å². The number of halogens is 1. The number of hydrogen-bond acceptors (Lipinski definition) is 4. The summed E-state index contributed by atoms with van der Waals surface area (Å²) in [6.07, 6.45) is 2.27. The zero-order chi connectivity index (χ0) is 18.5. The largest absolute Gasteiger partial charge is 0.460 e. The maximum Gasteiger partial charge on any atom is 0.413 e. The third-order valence-corrected chi connectivity index (χ3v) is 3.13. The summed E-state index contributed by atoms with van der Waals surface area (Å²) in [5.74, 6) is 0.385. The zero-order valence-electron chi connectivity index (χ0n) is 15.2. The van der Waals surface area contributed by atoms with Crippen LogP contribution in [0.4, 0.5) is 10.6 Å². The number of carbonyl (C=O) groups excluding carboxylic acids is 2. The smallest absolute Gasteiger partial charge is 0.413 e. The summed E-state index contributed by atoms with van der Waals surface area (Å²) in [5.41, 5.74) is -1.04. The zero-order valence-corrected chi connectivity index (χ0v) is 16.8. The van der Waals surface area contributed by atoms with Crippen LogP contribution in [0.5, 0.6) is 0 Å². The van der Waals surface area contributed by atoms with Crippen molar-refractivity contribution in [3.63, 3.8) is 0 Å². The maximum atomic E-state index is 11.9. The van der Waals surface area contributed by atoms with Gasteiger partial charge in [0.25, 0.3) is 0 Å². The minimum atomic E-state index is -0.560. The van der Waals surface area contributed by atoms with E-state index in [2.05, 4.69) is 21.2 Å². The number of nitrogens with one attached hydrogen (secondary N) is 1. The second-order valence-electron chi connectivity index (χ2n) is 7.55. The van der Waals surface area contributed by atoms with E-state index in [1.54, 1.807) is 6.07 Å². The van der Waals surface area contributed by atoms with Crippen molar-refractivity contribution in [3.05, 3.63) is 16.7 Å². The molecule has 0 spiro atoms. The van der Waals surface area contributed by atoms with Gasteiger partial charge in [-0.1, -0.05) is 0 Å². The highest BCUT2D eigenvalue weighted by molar-refractivity contribution is 9.10. The summed E-state index contributed by atoms with van der Waals surface area (Å²) >= 11 is 3.39. The first kappa shape index (κ1) is 20.5. The molecule has 0 aliphatic rings. The van der Waals surface area contributed by atoms with Crippen LogP contribution >= 0.6 is 15.9 Å². The fourth-order valence-corrected chi connectivity index (χ4v) is 2.42. The number of esters is 1. The van der Waals surface area contributed by atoms with Gasteiger partial charge >= 0.3 is 12.1 Å². The lowest BCUT2D eigenvalue weighted by atomic mass is 10.2. The van der Waals surface area contributed by atoms with Crippen molar-refractivity contribution in [2.45, 2.75) is 72.1 Å². The highest BCUT2D eigenvalue weighted by atomic mass is 79.9. The lowest BCUT2D eigenvalue weighted by molar-refractivity contribution is -0.154. The number of carbonyl (C=O) groups is 2. The van der Waals surface area contributed by atoms with Gasteiger partial charge in [0.1, 0.15) is 17.0 Å². The summed E-state index contributed by atoms with van der Waals surface area (Å²) in [5, 5.41) is 2.72. The Morgan fingerprint density at radius 1 is 1.12 bits per heavy atom. The Balaban J connectivity index is 2.58. The third kappa shape index (κ3) is 8.38. The lowest BCUT2D eigenvalue weighted by Gasteiger charge is -2.20. The fraction of sp³-hybridized carbons (Fsp3) is 0.647. The number of nitrogens with zero attached hydrogens (tertiary/aromatic N) is 1. The van der Waals surface area contributed by atoms with Crippen molar-refractivity contribution in [1.82, 2.24) is 4.57 Å². The predicted octanol–water partition coefficient (Wildman–Crippen LogP) is 4.72. The molecule has 0 atom stereocenters. The average molecular weight is 403 g/mol. The van der Waals surface area contributed by atoms with Crippen molar-refractivity contribution in [3.8, 4) is 0 Å².